The minimum atomic E-state index is 0.637. The van der Waals surface area contributed by atoms with E-state index in [9.17, 15) is 0 Å². The molecule has 0 aliphatic heterocycles. The normalized spacial score (nSPS) is 10.7. The fraction of sp³-hybridized carbons (Fsp3) is 0.250. The first-order chi connectivity index (χ1) is 7.74. The lowest BCUT2D eigenvalue weighted by atomic mass is 10.0. The smallest absolute Gasteiger partial charge is 0.0967 e. The highest BCUT2D eigenvalue weighted by atomic mass is 79.9. The van der Waals surface area contributed by atoms with Crippen molar-refractivity contribution in [3.8, 4) is 11.3 Å². The van der Waals surface area contributed by atoms with Gasteiger partial charge in [0.15, 0.2) is 0 Å². The van der Waals surface area contributed by atoms with E-state index in [1.54, 1.807) is 0 Å². The van der Waals surface area contributed by atoms with Crippen molar-refractivity contribution >= 4 is 15.9 Å². The number of halogens is 1. The highest BCUT2D eigenvalue weighted by Crippen LogP contribution is 2.30. The van der Waals surface area contributed by atoms with E-state index in [0.29, 0.717) is 6.54 Å². The molecule has 4 heteroatoms. The highest BCUT2D eigenvalue weighted by Gasteiger charge is 2.13. The Hall–Kier alpha value is -1.13. The molecule has 3 N–H and O–H groups in total. The zero-order valence-electron chi connectivity index (χ0n) is 9.13. The Balaban J connectivity index is 2.52. The maximum absolute atomic E-state index is 5.62. The van der Waals surface area contributed by atoms with Gasteiger partial charge in [0.25, 0.3) is 0 Å². The third-order valence-electron chi connectivity index (χ3n) is 2.60. The minimum absolute atomic E-state index is 0.637. The molecule has 0 aliphatic rings. The second kappa shape index (κ2) is 4.80. The van der Waals surface area contributed by atoms with E-state index in [1.807, 2.05) is 25.1 Å². The first kappa shape index (κ1) is 11.4. The van der Waals surface area contributed by atoms with Crippen molar-refractivity contribution in [2.24, 2.45) is 5.73 Å². The van der Waals surface area contributed by atoms with Crippen LogP contribution in [-0.4, -0.2) is 16.7 Å². The average molecular weight is 280 g/mol. The second-order valence-corrected chi connectivity index (χ2v) is 4.55. The number of H-pyrrole nitrogens is 1. The molecule has 0 bridgehead atoms. The number of nitrogens with two attached hydrogens (primary N) is 1. The monoisotopic (exact) mass is 279 g/mol. The molecule has 0 unspecified atom stereocenters. The maximum Gasteiger partial charge on any atom is 0.0967 e. The van der Waals surface area contributed by atoms with Crippen LogP contribution in [0.5, 0.6) is 0 Å². The van der Waals surface area contributed by atoms with Gasteiger partial charge in [-0.15, -0.1) is 0 Å². The first-order valence-corrected chi connectivity index (χ1v) is 6.02. The Morgan fingerprint density at radius 2 is 2.12 bits per heavy atom. The maximum atomic E-state index is 5.62. The van der Waals surface area contributed by atoms with Crippen LogP contribution < -0.4 is 5.73 Å². The summed E-state index contributed by atoms with van der Waals surface area (Å²) in [4.78, 5) is 0. The number of nitrogens with zero attached hydrogens (tertiary/aromatic N) is 1. The highest BCUT2D eigenvalue weighted by molar-refractivity contribution is 9.10. The van der Waals surface area contributed by atoms with E-state index in [4.69, 9.17) is 5.73 Å². The van der Waals surface area contributed by atoms with Gasteiger partial charge < -0.3 is 5.73 Å². The summed E-state index contributed by atoms with van der Waals surface area (Å²) < 4.78 is 1.06. The molecule has 0 fully saturated rings. The van der Waals surface area contributed by atoms with Gasteiger partial charge in [0.2, 0.25) is 0 Å². The van der Waals surface area contributed by atoms with Gasteiger partial charge in [-0.1, -0.05) is 34.1 Å². The van der Waals surface area contributed by atoms with Crippen molar-refractivity contribution in [3.63, 3.8) is 0 Å². The van der Waals surface area contributed by atoms with Gasteiger partial charge in [-0.05, 0) is 26.0 Å². The molecule has 0 atom stereocenters. The molecule has 2 aromatic rings. The largest absolute Gasteiger partial charge is 0.330 e. The number of hydrogen-bond donors (Lipinski definition) is 2. The molecule has 0 saturated heterocycles. The first-order valence-electron chi connectivity index (χ1n) is 5.23. The molecule has 16 heavy (non-hydrogen) atoms. The number of hydrogen-bond acceptors (Lipinski definition) is 2. The molecule has 84 valence electrons. The summed E-state index contributed by atoms with van der Waals surface area (Å²) in [6.07, 6.45) is 0.846. The van der Waals surface area contributed by atoms with Gasteiger partial charge in [0, 0.05) is 21.3 Å². The lowest BCUT2D eigenvalue weighted by molar-refractivity contribution is 0.957. The summed E-state index contributed by atoms with van der Waals surface area (Å²) in [5, 5.41) is 7.38. The van der Waals surface area contributed by atoms with Crippen LogP contribution in [-0.2, 0) is 6.42 Å². The second-order valence-electron chi connectivity index (χ2n) is 3.69. The lowest BCUT2D eigenvalue weighted by Crippen LogP contribution is -2.04. The van der Waals surface area contributed by atoms with Crippen molar-refractivity contribution < 1.29 is 0 Å². The van der Waals surface area contributed by atoms with Gasteiger partial charge in [-0.25, -0.2) is 0 Å². The van der Waals surface area contributed by atoms with Crippen molar-refractivity contribution in [2.45, 2.75) is 13.3 Å². The molecule has 1 aromatic carbocycles. The summed E-state index contributed by atoms with van der Waals surface area (Å²) in [5.41, 5.74) is 10.0. The molecule has 0 saturated carbocycles. The predicted molar refractivity (Wildman–Crippen MR) is 69.2 cm³/mol. The van der Waals surface area contributed by atoms with E-state index in [1.165, 1.54) is 5.56 Å². The Kier molecular flexibility index (Phi) is 3.41. The van der Waals surface area contributed by atoms with Crippen LogP contribution >= 0.6 is 15.9 Å². The summed E-state index contributed by atoms with van der Waals surface area (Å²) >= 11 is 3.54. The Bertz CT molecular complexity index is 491. The van der Waals surface area contributed by atoms with Crippen molar-refractivity contribution in [2.75, 3.05) is 6.54 Å². The Morgan fingerprint density at radius 3 is 2.81 bits per heavy atom. The van der Waals surface area contributed by atoms with E-state index >= 15 is 0 Å². The van der Waals surface area contributed by atoms with Gasteiger partial charge in [0.05, 0.1) is 5.69 Å². The van der Waals surface area contributed by atoms with Crippen LogP contribution in [0.2, 0.25) is 0 Å². The van der Waals surface area contributed by atoms with E-state index in [0.717, 1.165) is 27.8 Å². The molecular weight excluding hydrogens is 266 g/mol. The van der Waals surface area contributed by atoms with Crippen LogP contribution in [0, 0.1) is 6.92 Å². The van der Waals surface area contributed by atoms with Crippen molar-refractivity contribution in [3.05, 3.63) is 40.0 Å². The van der Waals surface area contributed by atoms with Gasteiger partial charge in [0.1, 0.15) is 0 Å². The number of aryl methyl sites for hydroxylation is 1. The van der Waals surface area contributed by atoms with Gasteiger partial charge in [-0.2, -0.15) is 5.10 Å². The zero-order chi connectivity index (χ0) is 11.5. The fourth-order valence-electron chi connectivity index (χ4n) is 1.78. The number of aromatic amines is 1. The number of nitrogens with one attached hydrogen (secondary N) is 1. The lowest BCUT2D eigenvalue weighted by Gasteiger charge is -2.04. The number of benzene rings is 1. The third kappa shape index (κ3) is 2.03. The topological polar surface area (TPSA) is 54.7 Å². The molecule has 3 nitrogen and oxygen atoms in total. The van der Waals surface area contributed by atoms with Gasteiger partial charge >= 0.3 is 0 Å². The Morgan fingerprint density at radius 1 is 1.38 bits per heavy atom. The molecule has 0 amide bonds. The van der Waals surface area contributed by atoms with Crippen LogP contribution in [0.25, 0.3) is 11.3 Å². The fourth-order valence-corrected chi connectivity index (χ4v) is 2.25. The average Bonchev–Trinajstić information content (AvgIpc) is 2.62. The summed E-state index contributed by atoms with van der Waals surface area (Å²) in [5.74, 6) is 0. The number of rotatable bonds is 3. The molecule has 0 radical (unpaired) electrons. The van der Waals surface area contributed by atoms with E-state index in [-0.39, 0.29) is 0 Å². The van der Waals surface area contributed by atoms with Crippen LogP contribution in [0.4, 0.5) is 0 Å². The summed E-state index contributed by atoms with van der Waals surface area (Å²) in [6, 6.07) is 8.08. The number of aromatic nitrogens is 2. The molecule has 2 rings (SSSR count). The molecular formula is C12H14BrN3. The third-order valence-corrected chi connectivity index (χ3v) is 3.29. The van der Waals surface area contributed by atoms with Crippen molar-refractivity contribution in [1.82, 2.24) is 10.2 Å². The molecule has 1 heterocycles. The van der Waals surface area contributed by atoms with Crippen LogP contribution in [0.3, 0.4) is 0 Å². The van der Waals surface area contributed by atoms with E-state index in [2.05, 4.69) is 32.2 Å². The quantitative estimate of drug-likeness (QED) is 0.908. The molecule has 0 spiro atoms. The zero-order valence-corrected chi connectivity index (χ0v) is 10.7. The van der Waals surface area contributed by atoms with E-state index < -0.39 is 0 Å². The summed E-state index contributed by atoms with van der Waals surface area (Å²) in [7, 11) is 0. The summed E-state index contributed by atoms with van der Waals surface area (Å²) in [6.45, 7) is 2.66. The molecule has 1 aromatic heterocycles. The van der Waals surface area contributed by atoms with Crippen LogP contribution in [0.1, 0.15) is 11.3 Å². The minimum Gasteiger partial charge on any atom is -0.330 e. The predicted octanol–water partition coefficient (Wildman–Crippen LogP) is 2.65. The SMILES string of the molecule is Cc1[nH]nc(-c2ccccc2Br)c1CCN. The van der Waals surface area contributed by atoms with Crippen LogP contribution in [0.15, 0.2) is 28.7 Å². The van der Waals surface area contributed by atoms with Crippen molar-refractivity contribution in [1.29, 1.82) is 0 Å². The molecule has 0 aliphatic carbocycles. The van der Waals surface area contributed by atoms with Gasteiger partial charge in [-0.3, -0.25) is 5.10 Å². The Labute approximate surface area is 103 Å². The standard InChI is InChI=1S/C12H14BrN3/c1-8-9(6-7-14)12(16-15-8)10-4-2-3-5-11(10)13/h2-5H,6-7,14H2,1H3,(H,15,16).